The summed E-state index contributed by atoms with van der Waals surface area (Å²) >= 11 is 0. The molecule has 0 bridgehead atoms. The van der Waals surface area contributed by atoms with E-state index in [1.807, 2.05) is 42.5 Å². The molecule has 1 atom stereocenters. The largest absolute Gasteiger partial charge is 0.364 e. The van der Waals surface area contributed by atoms with E-state index in [1.54, 1.807) is 24.0 Å². The van der Waals surface area contributed by atoms with E-state index in [9.17, 15) is 9.59 Å². The van der Waals surface area contributed by atoms with Crippen LogP contribution >= 0.6 is 0 Å². The summed E-state index contributed by atoms with van der Waals surface area (Å²) in [5.74, 6) is -0.206. The molecule has 0 aliphatic carbocycles. The third kappa shape index (κ3) is 4.36. The Morgan fingerprint density at radius 3 is 2.56 bits per heavy atom. The van der Waals surface area contributed by atoms with Gasteiger partial charge in [0.1, 0.15) is 6.10 Å². The highest BCUT2D eigenvalue weighted by molar-refractivity contribution is 5.96. The first kappa shape index (κ1) is 17.0. The second kappa shape index (κ2) is 7.81. The molecule has 6 nitrogen and oxygen atoms in total. The minimum Gasteiger partial charge on any atom is -0.364 e. The van der Waals surface area contributed by atoms with E-state index in [0.29, 0.717) is 25.4 Å². The van der Waals surface area contributed by atoms with Gasteiger partial charge in [-0.25, -0.2) is 4.79 Å². The Balaban J connectivity index is 1.52. The van der Waals surface area contributed by atoms with E-state index in [-0.39, 0.29) is 11.9 Å². The van der Waals surface area contributed by atoms with Gasteiger partial charge in [0.05, 0.1) is 6.61 Å². The zero-order valence-corrected chi connectivity index (χ0v) is 14.1. The maximum absolute atomic E-state index is 12.2. The quantitative estimate of drug-likeness (QED) is 0.850. The first-order valence-corrected chi connectivity index (χ1v) is 8.25. The van der Waals surface area contributed by atoms with Crippen LogP contribution in [0.5, 0.6) is 0 Å². The van der Waals surface area contributed by atoms with Crippen LogP contribution in [0, 0.1) is 0 Å². The van der Waals surface area contributed by atoms with Crippen molar-refractivity contribution in [2.45, 2.75) is 19.6 Å². The number of benzene rings is 2. The van der Waals surface area contributed by atoms with Crippen LogP contribution in [0.25, 0.3) is 0 Å². The fourth-order valence-electron chi connectivity index (χ4n) is 2.56. The van der Waals surface area contributed by atoms with E-state index in [4.69, 9.17) is 4.74 Å². The van der Waals surface area contributed by atoms with E-state index >= 15 is 0 Å². The molecule has 0 radical (unpaired) electrons. The fraction of sp³-hybridized carbons (Fsp3) is 0.263. The van der Waals surface area contributed by atoms with Gasteiger partial charge in [-0.1, -0.05) is 30.3 Å². The van der Waals surface area contributed by atoms with Gasteiger partial charge in [0.15, 0.2) is 0 Å². The minimum absolute atomic E-state index is 0.0975. The Morgan fingerprint density at radius 2 is 1.92 bits per heavy atom. The molecule has 1 aliphatic heterocycles. The van der Waals surface area contributed by atoms with E-state index < -0.39 is 6.10 Å². The maximum Gasteiger partial charge on any atom is 0.321 e. The number of amides is 3. The Bertz CT molecular complexity index is 731. The molecular formula is C19H21N3O3. The van der Waals surface area contributed by atoms with E-state index in [0.717, 1.165) is 11.3 Å². The first-order chi connectivity index (χ1) is 12.1. The second-order valence-electron chi connectivity index (χ2n) is 5.86. The van der Waals surface area contributed by atoms with Gasteiger partial charge in [0, 0.05) is 24.5 Å². The van der Waals surface area contributed by atoms with Crippen molar-refractivity contribution in [3.63, 3.8) is 0 Å². The minimum atomic E-state index is -0.566. The van der Waals surface area contributed by atoms with Crippen molar-refractivity contribution in [1.82, 2.24) is 5.32 Å². The number of hydrogen-bond donors (Lipinski definition) is 2. The third-order valence-corrected chi connectivity index (χ3v) is 4.02. The molecular weight excluding hydrogens is 318 g/mol. The van der Waals surface area contributed by atoms with Gasteiger partial charge in [-0.3, -0.25) is 9.69 Å². The molecule has 3 amide bonds. The molecule has 130 valence electrons. The maximum atomic E-state index is 12.2. The number of rotatable bonds is 6. The summed E-state index contributed by atoms with van der Waals surface area (Å²) in [5.41, 5.74) is 2.50. The Morgan fingerprint density at radius 1 is 1.20 bits per heavy atom. The highest BCUT2D eigenvalue weighted by Gasteiger charge is 2.21. The molecule has 1 fully saturated rings. The van der Waals surface area contributed by atoms with Crippen molar-refractivity contribution in [3.05, 3.63) is 60.2 Å². The lowest BCUT2D eigenvalue weighted by molar-refractivity contribution is -0.127. The summed E-state index contributed by atoms with van der Waals surface area (Å²) in [6, 6.07) is 16.8. The molecule has 3 rings (SSSR count). The average Bonchev–Trinajstić information content (AvgIpc) is 3.07. The van der Waals surface area contributed by atoms with Crippen molar-refractivity contribution in [2.75, 3.05) is 23.3 Å². The summed E-state index contributed by atoms with van der Waals surface area (Å²) in [4.78, 5) is 25.5. The number of nitrogens with zero attached hydrogens (tertiary/aromatic N) is 1. The van der Waals surface area contributed by atoms with Crippen molar-refractivity contribution in [1.29, 1.82) is 0 Å². The van der Waals surface area contributed by atoms with Crippen molar-refractivity contribution in [2.24, 2.45) is 0 Å². The van der Waals surface area contributed by atoms with Crippen LogP contribution in [0.1, 0.15) is 12.5 Å². The third-order valence-electron chi connectivity index (χ3n) is 4.02. The summed E-state index contributed by atoms with van der Waals surface area (Å²) in [5, 5.41) is 5.58. The number of hydrogen-bond acceptors (Lipinski definition) is 3. The standard InChI is InChI=1S/C19H21N3O3/c1-14(25-13-15-5-3-2-4-6-15)18(23)21-16-7-9-17(10-8-16)22-12-11-20-19(22)24/h2-10,14H,11-13H2,1H3,(H,20,24)(H,21,23). The van der Waals surface area contributed by atoms with Crippen LogP contribution in [-0.4, -0.2) is 31.1 Å². The van der Waals surface area contributed by atoms with Crippen LogP contribution in [0.15, 0.2) is 54.6 Å². The molecule has 1 heterocycles. The molecule has 2 N–H and O–H groups in total. The SMILES string of the molecule is CC(OCc1ccccc1)C(=O)Nc1ccc(N2CCNC2=O)cc1. The summed E-state index contributed by atoms with van der Waals surface area (Å²) in [6.45, 7) is 3.40. The Kier molecular flexibility index (Phi) is 5.30. The smallest absolute Gasteiger partial charge is 0.321 e. The topological polar surface area (TPSA) is 70.7 Å². The van der Waals surface area contributed by atoms with Gasteiger partial charge in [0.2, 0.25) is 0 Å². The predicted molar refractivity (Wildman–Crippen MR) is 96.5 cm³/mol. The van der Waals surface area contributed by atoms with Gasteiger partial charge in [-0.05, 0) is 36.8 Å². The van der Waals surface area contributed by atoms with Gasteiger partial charge < -0.3 is 15.4 Å². The first-order valence-electron chi connectivity index (χ1n) is 8.25. The van der Waals surface area contributed by atoms with Gasteiger partial charge in [-0.15, -0.1) is 0 Å². The number of anilines is 2. The highest BCUT2D eigenvalue weighted by Crippen LogP contribution is 2.19. The molecule has 1 aliphatic rings. The number of carbonyl (C=O) groups excluding carboxylic acids is 2. The molecule has 2 aromatic carbocycles. The summed E-state index contributed by atoms with van der Waals surface area (Å²) < 4.78 is 5.61. The lowest BCUT2D eigenvalue weighted by Crippen LogP contribution is -2.28. The van der Waals surface area contributed by atoms with Crippen LogP contribution in [0.3, 0.4) is 0 Å². The number of urea groups is 1. The highest BCUT2D eigenvalue weighted by atomic mass is 16.5. The normalized spacial score (nSPS) is 14.9. The van der Waals surface area contributed by atoms with Crippen LogP contribution < -0.4 is 15.5 Å². The van der Waals surface area contributed by atoms with Crippen LogP contribution in [-0.2, 0) is 16.1 Å². The molecule has 2 aromatic rings. The monoisotopic (exact) mass is 339 g/mol. The molecule has 0 saturated carbocycles. The Hall–Kier alpha value is -2.86. The molecule has 1 saturated heterocycles. The van der Waals surface area contributed by atoms with Crippen molar-refractivity contribution < 1.29 is 14.3 Å². The molecule has 0 aromatic heterocycles. The zero-order chi connectivity index (χ0) is 17.6. The van der Waals surface area contributed by atoms with Crippen molar-refractivity contribution in [3.8, 4) is 0 Å². The predicted octanol–water partition coefficient (Wildman–Crippen LogP) is 2.76. The van der Waals surface area contributed by atoms with Crippen LogP contribution in [0.4, 0.5) is 16.2 Å². The average molecular weight is 339 g/mol. The summed E-state index contributed by atoms with van der Waals surface area (Å²) in [6.07, 6.45) is -0.566. The molecule has 0 spiro atoms. The van der Waals surface area contributed by atoms with Gasteiger partial charge >= 0.3 is 6.03 Å². The number of nitrogens with one attached hydrogen (secondary N) is 2. The molecule has 1 unspecified atom stereocenters. The zero-order valence-electron chi connectivity index (χ0n) is 14.1. The van der Waals surface area contributed by atoms with E-state index in [2.05, 4.69) is 10.6 Å². The summed E-state index contributed by atoms with van der Waals surface area (Å²) in [7, 11) is 0. The number of ether oxygens (including phenoxy) is 1. The number of carbonyl (C=O) groups is 2. The molecule has 6 heteroatoms. The fourth-order valence-corrected chi connectivity index (χ4v) is 2.56. The van der Waals surface area contributed by atoms with Gasteiger partial charge in [-0.2, -0.15) is 0 Å². The lowest BCUT2D eigenvalue weighted by atomic mass is 10.2. The molecule has 25 heavy (non-hydrogen) atoms. The van der Waals surface area contributed by atoms with E-state index in [1.165, 1.54) is 0 Å². The lowest BCUT2D eigenvalue weighted by Gasteiger charge is -2.16. The Labute approximate surface area is 146 Å². The second-order valence-corrected chi connectivity index (χ2v) is 5.86. The van der Waals surface area contributed by atoms with Crippen LogP contribution in [0.2, 0.25) is 0 Å². The van der Waals surface area contributed by atoms with Gasteiger partial charge in [0.25, 0.3) is 5.91 Å². The van der Waals surface area contributed by atoms with Crippen molar-refractivity contribution >= 4 is 23.3 Å².